The van der Waals surface area contributed by atoms with Gasteiger partial charge in [-0.15, -0.1) is 0 Å². The fourth-order valence-corrected chi connectivity index (χ4v) is 3.90. The van der Waals surface area contributed by atoms with Gasteiger partial charge >= 0.3 is 6.03 Å². The predicted molar refractivity (Wildman–Crippen MR) is 135 cm³/mol. The lowest BCUT2D eigenvalue weighted by molar-refractivity contribution is -0.123. The van der Waals surface area contributed by atoms with E-state index < -0.39 is 17.8 Å². The molecule has 2 N–H and O–H groups in total. The summed E-state index contributed by atoms with van der Waals surface area (Å²) in [6, 6.07) is 17.5. The van der Waals surface area contributed by atoms with Crippen molar-refractivity contribution < 1.29 is 28.2 Å². The Morgan fingerprint density at radius 3 is 2.53 bits per heavy atom. The summed E-state index contributed by atoms with van der Waals surface area (Å²) in [7, 11) is 1.44. The van der Waals surface area contributed by atoms with Crippen LogP contribution in [-0.4, -0.2) is 36.5 Å². The first kappa shape index (κ1) is 24.9. The van der Waals surface area contributed by atoms with Crippen LogP contribution in [-0.2, 0) is 16.1 Å². The molecule has 10 heteroatoms. The second-order valence-corrected chi connectivity index (χ2v) is 8.55. The summed E-state index contributed by atoms with van der Waals surface area (Å²) in [4.78, 5) is 38.4. The molecular formula is C26H21BrFN3O5. The van der Waals surface area contributed by atoms with Crippen LogP contribution in [0.5, 0.6) is 11.5 Å². The highest BCUT2D eigenvalue weighted by atomic mass is 79.9. The predicted octanol–water partition coefficient (Wildman–Crippen LogP) is 4.71. The van der Waals surface area contributed by atoms with Gasteiger partial charge in [0.1, 0.15) is 11.5 Å². The molecule has 0 aromatic heterocycles. The number of nitrogens with zero attached hydrogens (tertiary/aromatic N) is 1. The van der Waals surface area contributed by atoms with Crippen molar-refractivity contribution in [2.75, 3.05) is 19.0 Å². The number of benzene rings is 3. The SMILES string of the molecule is COc1cc(/C=C2/NC(=O)N(Cc3ccccc3F)C2=O)c(Br)cc1OCC(=O)Nc1ccccc1. The third-order valence-corrected chi connectivity index (χ3v) is 5.93. The minimum absolute atomic E-state index is 0.0231. The van der Waals surface area contributed by atoms with Gasteiger partial charge in [-0.3, -0.25) is 14.5 Å². The number of hydrogen-bond donors (Lipinski definition) is 2. The zero-order valence-electron chi connectivity index (χ0n) is 19.1. The molecule has 8 nitrogen and oxygen atoms in total. The van der Waals surface area contributed by atoms with Gasteiger partial charge in [0.2, 0.25) is 0 Å². The Hall–Kier alpha value is -4.18. The molecule has 36 heavy (non-hydrogen) atoms. The van der Waals surface area contributed by atoms with Gasteiger partial charge in [0, 0.05) is 15.7 Å². The van der Waals surface area contributed by atoms with E-state index in [1.165, 1.54) is 31.4 Å². The number of urea groups is 1. The zero-order chi connectivity index (χ0) is 25.7. The average Bonchev–Trinajstić information content (AvgIpc) is 3.13. The van der Waals surface area contributed by atoms with Gasteiger partial charge in [0.25, 0.3) is 11.8 Å². The van der Waals surface area contributed by atoms with E-state index in [0.29, 0.717) is 27.2 Å². The number of nitrogens with one attached hydrogen (secondary N) is 2. The van der Waals surface area contributed by atoms with Crippen LogP contribution in [0.15, 0.2) is 76.9 Å². The number of anilines is 1. The lowest BCUT2D eigenvalue weighted by Gasteiger charge is -2.13. The first-order valence-electron chi connectivity index (χ1n) is 10.8. The third-order valence-electron chi connectivity index (χ3n) is 5.25. The molecule has 4 amide bonds. The van der Waals surface area contributed by atoms with Gasteiger partial charge in [-0.25, -0.2) is 9.18 Å². The number of imide groups is 1. The molecule has 0 atom stereocenters. The molecule has 1 aliphatic rings. The van der Waals surface area contributed by atoms with E-state index in [1.807, 2.05) is 6.07 Å². The topological polar surface area (TPSA) is 97.0 Å². The van der Waals surface area contributed by atoms with E-state index in [4.69, 9.17) is 9.47 Å². The first-order valence-corrected chi connectivity index (χ1v) is 11.6. The van der Waals surface area contributed by atoms with Crippen LogP contribution in [0.4, 0.5) is 14.9 Å². The second kappa shape index (κ2) is 11.0. The number of hydrogen-bond acceptors (Lipinski definition) is 5. The Morgan fingerprint density at radius 1 is 1.08 bits per heavy atom. The maximum Gasteiger partial charge on any atom is 0.329 e. The van der Waals surface area contributed by atoms with E-state index in [9.17, 15) is 18.8 Å². The molecule has 3 aromatic rings. The van der Waals surface area contributed by atoms with Crippen molar-refractivity contribution in [1.82, 2.24) is 10.2 Å². The Balaban J connectivity index is 1.48. The number of rotatable bonds is 8. The number of para-hydroxylation sites is 1. The maximum atomic E-state index is 14.0. The molecule has 1 heterocycles. The number of carbonyl (C=O) groups excluding carboxylic acids is 3. The molecule has 1 fully saturated rings. The number of methoxy groups -OCH3 is 1. The van der Waals surface area contributed by atoms with Crippen molar-refractivity contribution in [3.05, 3.63) is 93.8 Å². The summed E-state index contributed by atoms with van der Waals surface area (Å²) < 4.78 is 25.5. The number of halogens is 2. The normalized spacial score (nSPS) is 14.1. The van der Waals surface area contributed by atoms with Crippen molar-refractivity contribution in [1.29, 1.82) is 0 Å². The van der Waals surface area contributed by atoms with E-state index in [1.54, 1.807) is 42.5 Å². The Labute approximate surface area is 214 Å². The minimum Gasteiger partial charge on any atom is -0.493 e. The van der Waals surface area contributed by atoms with Gasteiger partial charge < -0.3 is 20.1 Å². The molecular weight excluding hydrogens is 533 g/mol. The molecule has 0 unspecified atom stereocenters. The third kappa shape index (κ3) is 5.72. The van der Waals surface area contributed by atoms with Crippen molar-refractivity contribution in [2.45, 2.75) is 6.54 Å². The summed E-state index contributed by atoms with van der Waals surface area (Å²) >= 11 is 3.42. The van der Waals surface area contributed by atoms with Crippen LogP contribution in [0.2, 0.25) is 0 Å². The van der Waals surface area contributed by atoms with Crippen LogP contribution < -0.4 is 20.1 Å². The Morgan fingerprint density at radius 2 is 1.81 bits per heavy atom. The van der Waals surface area contributed by atoms with Crippen molar-refractivity contribution >= 4 is 45.5 Å². The average molecular weight is 554 g/mol. The van der Waals surface area contributed by atoms with Crippen LogP contribution in [0.1, 0.15) is 11.1 Å². The zero-order valence-corrected chi connectivity index (χ0v) is 20.7. The molecule has 0 spiro atoms. The van der Waals surface area contributed by atoms with E-state index in [0.717, 1.165) is 4.90 Å². The molecule has 0 aliphatic carbocycles. The maximum absolute atomic E-state index is 14.0. The summed E-state index contributed by atoms with van der Waals surface area (Å²) in [6.45, 7) is -0.450. The molecule has 4 rings (SSSR count). The summed E-state index contributed by atoms with van der Waals surface area (Å²) in [6.07, 6.45) is 1.47. The van der Waals surface area contributed by atoms with Crippen LogP contribution >= 0.6 is 15.9 Å². The number of carbonyl (C=O) groups is 3. The minimum atomic E-state index is -0.651. The van der Waals surface area contributed by atoms with Crippen LogP contribution in [0.25, 0.3) is 6.08 Å². The monoisotopic (exact) mass is 553 g/mol. The number of ether oxygens (including phenoxy) is 2. The van der Waals surface area contributed by atoms with E-state index in [-0.39, 0.29) is 30.3 Å². The van der Waals surface area contributed by atoms with Crippen molar-refractivity contribution in [3.63, 3.8) is 0 Å². The van der Waals surface area contributed by atoms with Crippen molar-refractivity contribution in [2.24, 2.45) is 0 Å². The number of amides is 4. The summed E-state index contributed by atoms with van der Waals surface area (Å²) in [5, 5.41) is 5.24. The van der Waals surface area contributed by atoms with Gasteiger partial charge in [-0.05, 0) is 42.0 Å². The van der Waals surface area contributed by atoms with Gasteiger partial charge in [-0.1, -0.05) is 52.3 Å². The van der Waals surface area contributed by atoms with Gasteiger partial charge in [0.15, 0.2) is 18.1 Å². The Kier molecular flexibility index (Phi) is 7.65. The Bertz CT molecular complexity index is 1350. The van der Waals surface area contributed by atoms with E-state index >= 15 is 0 Å². The second-order valence-electron chi connectivity index (χ2n) is 7.70. The van der Waals surface area contributed by atoms with Crippen LogP contribution in [0.3, 0.4) is 0 Å². The largest absolute Gasteiger partial charge is 0.493 e. The van der Waals surface area contributed by atoms with Crippen LogP contribution in [0, 0.1) is 5.82 Å². The molecule has 0 radical (unpaired) electrons. The molecule has 3 aromatic carbocycles. The molecule has 1 aliphatic heterocycles. The van der Waals surface area contributed by atoms with E-state index in [2.05, 4.69) is 26.6 Å². The highest BCUT2D eigenvalue weighted by molar-refractivity contribution is 9.10. The molecule has 0 bridgehead atoms. The highest BCUT2D eigenvalue weighted by Crippen LogP contribution is 2.35. The highest BCUT2D eigenvalue weighted by Gasteiger charge is 2.34. The molecule has 0 saturated carbocycles. The fourth-order valence-electron chi connectivity index (χ4n) is 3.46. The van der Waals surface area contributed by atoms with Gasteiger partial charge in [-0.2, -0.15) is 0 Å². The molecule has 1 saturated heterocycles. The summed E-state index contributed by atoms with van der Waals surface area (Å²) in [5.41, 5.74) is 1.41. The lowest BCUT2D eigenvalue weighted by Crippen LogP contribution is -2.30. The standard InChI is InChI=1S/C26H21BrFN3O5/c1-35-22-12-17(19(27)13-23(22)36-15-24(32)29-18-8-3-2-4-9-18)11-21-25(33)31(26(34)30-21)14-16-7-5-6-10-20(16)28/h2-13H,14-15H2,1H3,(H,29,32)(H,30,34)/b21-11+. The lowest BCUT2D eigenvalue weighted by atomic mass is 10.1. The quantitative estimate of drug-likeness (QED) is 0.311. The molecule has 184 valence electrons. The summed E-state index contributed by atoms with van der Waals surface area (Å²) in [5.74, 6) is -0.821. The van der Waals surface area contributed by atoms with Gasteiger partial charge in [0.05, 0.1) is 13.7 Å². The fraction of sp³-hybridized carbons (Fsp3) is 0.115. The van der Waals surface area contributed by atoms with Crippen molar-refractivity contribution in [3.8, 4) is 11.5 Å². The smallest absolute Gasteiger partial charge is 0.329 e. The first-order chi connectivity index (χ1) is 17.4.